The Morgan fingerprint density at radius 1 is 1.12 bits per heavy atom. The molecule has 0 bridgehead atoms. The van der Waals surface area contributed by atoms with Crippen LogP contribution in [0.5, 0.6) is 0 Å². The second-order valence-corrected chi connectivity index (χ2v) is 9.03. The maximum Gasteiger partial charge on any atom is 0.254 e. The average molecular weight is 496 g/mol. The maximum atomic E-state index is 12.5. The van der Waals surface area contributed by atoms with Crippen molar-refractivity contribution in [3.63, 3.8) is 0 Å². The maximum absolute atomic E-state index is 12.5. The number of anilines is 1. The van der Waals surface area contributed by atoms with E-state index in [9.17, 15) is 4.79 Å². The minimum Gasteiger partial charge on any atom is -0.339 e. The first-order valence-electron chi connectivity index (χ1n) is 7.43. The third kappa shape index (κ3) is 6.28. The van der Waals surface area contributed by atoms with E-state index in [1.807, 2.05) is 31.2 Å². The Bertz CT molecular complexity index is 814. The predicted molar refractivity (Wildman–Crippen MR) is 116 cm³/mol. The van der Waals surface area contributed by atoms with Gasteiger partial charge in [-0.3, -0.25) is 4.79 Å². The van der Waals surface area contributed by atoms with E-state index in [0.717, 1.165) is 11.3 Å². The summed E-state index contributed by atoms with van der Waals surface area (Å²) in [6.07, 6.45) is -1.04. The number of benzene rings is 2. The number of hydrogen-bond donors (Lipinski definition) is 3. The summed E-state index contributed by atoms with van der Waals surface area (Å²) in [6, 6.07) is 14.6. The zero-order chi connectivity index (χ0) is 19.3. The van der Waals surface area contributed by atoms with Crippen LogP contribution in [0.4, 0.5) is 5.69 Å². The van der Waals surface area contributed by atoms with Crippen LogP contribution in [0.2, 0.25) is 0 Å². The van der Waals surface area contributed by atoms with E-state index in [4.69, 9.17) is 47.0 Å². The Hall–Kier alpha value is -1.05. The molecule has 26 heavy (non-hydrogen) atoms. The first-order valence-corrected chi connectivity index (χ1v) is 9.76. The number of rotatable bonds is 4. The van der Waals surface area contributed by atoms with Crippen molar-refractivity contribution in [3.8, 4) is 0 Å². The number of halogens is 4. The summed E-state index contributed by atoms with van der Waals surface area (Å²) in [5.74, 6) is -0.417. The van der Waals surface area contributed by atoms with Gasteiger partial charge in [0.25, 0.3) is 5.91 Å². The van der Waals surface area contributed by atoms with E-state index in [-0.39, 0.29) is 5.11 Å². The number of carbonyl (C=O) groups is 1. The van der Waals surface area contributed by atoms with Gasteiger partial charge >= 0.3 is 0 Å². The Morgan fingerprint density at radius 2 is 1.81 bits per heavy atom. The molecule has 0 radical (unpaired) electrons. The molecular weight excluding hydrogens is 481 g/mol. The Morgan fingerprint density at radius 3 is 2.42 bits per heavy atom. The van der Waals surface area contributed by atoms with Crippen LogP contribution in [-0.2, 0) is 0 Å². The molecule has 0 saturated carbocycles. The molecule has 4 nitrogen and oxygen atoms in total. The molecule has 0 unspecified atom stereocenters. The summed E-state index contributed by atoms with van der Waals surface area (Å²) in [7, 11) is 0. The Kier molecular flexibility index (Phi) is 7.55. The molecule has 1 atom stereocenters. The topological polar surface area (TPSA) is 53.2 Å². The number of aryl methyl sites for hydroxylation is 1. The van der Waals surface area contributed by atoms with Crippen LogP contribution in [0.3, 0.4) is 0 Å². The fraction of sp³-hybridized carbons (Fsp3) is 0.176. The van der Waals surface area contributed by atoms with E-state index in [1.54, 1.807) is 24.3 Å². The zero-order valence-electron chi connectivity index (χ0n) is 13.5. The van der Waals surface area contributed by atoms with Crippen molar-refractivity contribution in [2.75, 3.05) is 5.32 Å². The number of hydrogen-bond acceptors (Lipinski definition) is 2. The number of thiocarbonyl (C=S) groups is 1. The van der Waals surface area contributed by atoms with Gasteiger partial charge in [-0.2, -0.15) is 0 Å². The predicted octanol–water partition coefficient (Wildman–Crippen LogP) is 5.17. The van der Waals surface area contributed by atoms with Crippen LogP contribution >= 0.6 is 63.0 Å². The minimum atomic E-state index is -1.82. The standard InChI is InChI=1S/C17H15BrCl3N3OS/c1-10-5-4-6-11(9-10)22-16(26)24-15(17(19,20)21)23-14(25)12-7-2-3-8-13(12)18/h2-9,15H,1H3,(H,23,25)(H2,22,24,26)/t15-/m0/s1. The van der Waals surface area contributed by atoms with Gasteiger partial charge in [0.15, 0.2) is 5.11 Å². The van der Waals surface area contributed by atoms with Gasteiger partial charge in [-0.25, -0.2) is 0 Å². The van der Waals surface area contributed by atoms with Gasteiger partial charge in [-0.15, -0.1) is 0 Å². The molecule has 2 rings (SSSR count). The normalized spacial score (nSPS) is 12.2. The van der Waals surface area contributed by atoms with Gasteiger partial charge in [0, 0.05) is 10.2 Å². The molecular formula is C17H15BrCl3N3OS. The van der Waals surface area contributed by atoms with Gasteiger partial charge in [-0.1, -0.05) is 59.1 Å². The third-order valence-electron chi connectivity index (χ3n) is 3.27. The molecule has 138 valence electrons. The van der Waals surface area contributed by atoms with Crippen LogP contribution in [-0.4, -0.2) is 21.0 Å². The molecule has 0 spiro atoms. The second-order valence-electron chi connectivity index (χ2n) is 5.40. The van der Waals surface area contributed by atoms with Crippen molar-refractivity contribution in [2.24, 2.45) is 0 Å². The molecule has 2 aromatic rings. The quantitative estimate of drug-likeness (QED) is 0.311. The molecule has 0 aliphatic heterocycles. The molecule has 0 fully saturated rings. The van der Waals surface area contributed by atoms with Crippen molar-refractivity contribution in [3.05, 3.63) is 64.1 Å². The summed E-state index contributed by atoms with van der Waals surface area (Å²) in [5, 5.41) is 8.66. The lowest BCUT2D eigenvalue weighted by Gasteiger charge is -2.28. The van der Waals surface area contributed by atoms with Crippen LogP contribution in [0.25, 0.3) is 0 Å². The summed E-state index contributed by atoms with van der Waals surface area (Å²) in [6.45, 7) is 1.96. The Balaban J connectivity index is 2.09. The monoisotopic (exact) mass is 493 g/mol. The van der Waals surface area contributed by atoms with Crippen LogP contribution in [0, 0.1) is 6.92 Å². The fourth-order valence-electron chi connectivity index (χ4n) is 2.08. The molecule has 0 aliphatic rings. The Labute approximate surface area is 180 Å². The lowest BCUT2D eigenvalue weighted by atomic mass is 10.2. The summed E-state index contributed by atoms with van der Waals surface area (Å²) in [4.78, 5) is 12.5. The molecule has 0 aromatic heterocycles. The van der Waals surface area contributed by atoms with Crippen molar-refractivity contribution < 1.29 is 4.79 Å². The zero-order valence-corrected chi connectivity index (χ0v) is 18.2. The van der Waals surface area contributed by atoms with Gasteiger partial charge in [0.05, 0.1) is 5.56 Å². The van der Waals surface area contributed by atoms with Crippen LogP contribution in [0.1, 0.15) is 15.9 Å². The fourth-order valence-corrected chi connectivity index (χ4v) is 3.10. The molecule has 1 amide bonds. The second kappa shape index (κ2) is 9.24. The number of amides is 1. The highest BCUT2D eigenvalue weighted by Crippen LogP contribution is 2.29. The first-order chi connectivity index (χ1) is 12.2. The van der Waals surface area contributed by atoms with E-state index in [2.05, 4.69) is 31.9 Å². The highest BCUT2D eigenvalue weighted by molar-refractivity contribution is 9.10. The van der Waals surface area contributed by atoms with Crippen LogP contribution < -0.4 is 16.0 Å². The molecule has 0 aliphatic carbocycles. The highest BCUT2D eigenvalue weighted by Gasteiger charge is 2.35. The number of nitrogens with one attached hydrogen (secondary N) is 3. The highest BCUT2D eigenvalue weighted by atomic mass is 79.9. The lowest BCUT2D eigenvalue weighted by Crippen LogP contribution is -2.56. The van der Waals surface area contributed by atoms with Crippen molar-refractivity contribution >= 4 is 79.7 Å². The van der Waals surface area contributed by atoms with Crippen molar-refractivity contribution in [2.45, 2.75) is 16.9 Å². The summed E-state index contributed by atoms with van der Waals surface area (Å²) < 4.78 is -1.20. The van der Waals surface area contributed by atoms with Crippen molar-refractivity contribution in [1.82, 2.24) is 10.6 Å². The molecule has 0 saturated heterocycles. The minimum absolute atomic E-state index is 0.208. The number of alkyl halides is 3. The first kappa shape index (κ1) is 21.3. The molecule has 0 heterocycles. The molecule has 9 heteroatoms. The van der Waals surface area contributed by atoms with Gasteiger partial charge in [0.1, 0.15) is 6.17 Å². The van der Waals surface area contributed by atoms with Gasteiger partial charge in [-0.05, 0) is 64.9 Å². The SMILES string of the molecule is Cc1cccc(NC(=S)N[C@H](NC(=O)c2ccccc2Br)C(Cl)(Cl)Cl)c1. The van der Waals surface area contributed by atoms with E-state index in [1.165, 1.54) is 0 Å². The van der Waals surface area contributed by atoms with Crippen molar-refractivity contribution in [1.29, 1.82) is 0 Å². The lowest BCUT2D eigenvalue weighted by molar-refractivity contribution is 0.0934. The molecule has 2 aromatic carbocycles. The summed E-state index contributed by atoms with van der Waals surface area (Å²) in [5.41, 5.74) is 2.26. The van der Waals surface area contributed by atoms with E-state index >= 15 is 0 Å². The third-order valence-corrected chi connectivity index (χ3v) is 4.84. The summed E-state index contributed by atoms with van der Waals surface area (Å²) >= 11 is 26.6. The average Bonchev–Trinajstić information content (AvgIpc) is 2.53. The van der Waals surface area contributed by atoms with Crippen LogP contribution in [0.15, 0.2) is 53.0 Å². The van der Waals surface area contributed by atoms with Gasteiger partial charge in [0.2, 0.25) is 3.79 Å². The largest absolute Gasteiger partial charge is 0.339 e. The van der Waals surface area contributed by atoms with Gasteiger partial charge < -0.3 is 16.0 Å². The van der Waals surface area contributed by atoms with E-state index < -0.39 is 15.9 Å². The number of carbonyl (C=O) groups excluding carboxylic acids is 1. The van der Waals surface area contributed by atoms with E-state index in [0.29, 0.717) is 10.0 Å². The smallest absolute Gasteiger partial charge is 0.254 e. The molecule has 3 N–H and O–H groups in total.